The van der Waals surface area contributed by atoms with E-state index in [9.17, 15) is 9.59 Å². The summed E-state index contributed by atoms with van der Waals surface area (Å²) in [7, 11) is 0. The van der Waals surface area contributed by atoms with Crippen molar-refractivity contribution in [3.05, 3.63) is 105 Å². The lowest BCUT2D eigenvalue weighted by Gasteiger charge is -2.19. The lowest BCUT2D eigenvalue weighted by Crippen LogP contribution is -2.32. The average molecular weight is 473 g/mol. The molecule has 1 saturated heterocycles. The van der Waals surface area contributed by atoms with Crippen molar-refractivity contribution in [3.8, 4) is 0 Å². The predicted molar refractivity (Wildman–Crippen MR) is 135 cm³/mol. The van der Waals surface area contributed by atoms with Gasteiger partial charge in [0, 0.05) is 6.42 Å². The second kappa shape index (κ2) is 10.4. The molecule has 5 nitrogen and oxygen atoms in total. The molecule has 0 unspecified atom stereocenters. The molecule has 0 bridgehead atoms. The first-order chi connectivity index (χ1) is 16.7. The molecule has 0 aliphatic carbocycles. The van der Waals surface area contributed by atoms with Crippen LogP contribution in [0.25, 0.3) is 0 Å². The van der Waals surface area contributed by atoms with Crippen LogP contribution in [0.2, 0.25) is 0 Å². The van der Waals surface area contributed by atoms with E-state index in [-0.39, 0.29) is 12.7 Å². The zero-order valence-corrected chi connectivity index (χ0v) is 21.0. The predicted octanol–water partition coefficient (Wildman–Crippen LogP) is 6.14. The lowest BCUT2D eigenvalue weighted by molar-refractivity contribution is -0.0428. The van der Waals surface area contributed by atoms with Crippen molar-refractivity contribution in [1.82, 2.24) is 0 Å². The molecule has 0 N–H and O–H groups in total. The number of hydrogen-bond acceptors (Lipinski definition) is 5. The van der Waals surface area contributed by atoms with Gasteiger partial charge in [-0.3, -0.25) is 0 Å². The van der Waals surface area contributed by atoms with Crippen LogP contribution in [0, 0.1) is 34.6 Å². The number of benzene rings is 3. The van der Waals surface area contributed by atoms with Crippen LogP contribution >= 0.6 is 0 Å². The maximum Gasteiger partial charge on any atom is 0.338 e. The molecule has 3 aromatic rings. The van der Waals surface area contributed by atoms with Crippen LogP contribution in [0.3, 0.4) is 0 Å². The van der Waals surface area contributed by atoms with Gasteiger partial charge in [0.25, 0.3) is 0 Å². The molecule has 1 heterocycles. The van der Waals surface area contributed by atoms with Crippen LogP contribution in [-0.4, -0.2) is 30.8 Å². The highest BCUT2D eigenvalue weighted by Gasteiger charge is 2.40. The van der Waals surface area contributed by atoms with E-state index in [1.807, 2.05) is 38.1 Å². The van der Waals surface area contributed by atoms with Crippen LogP contribution in [0.15, 0.2) is 60.7 Å². The van der Waals surface area contributed by atoms with Gasteiger partial charge in [0.05, 0.1) is 17.2 Å². The molecule has 0 amide bonds. The fourth-order valence-corrected chi connectivity index (χ4v) is 4.34. The van der Waals surface area contributed by atoms with Crippen molar-refractivity contribution in [3.63, 3.8) is 0 Å². The molecule has 5 heteroatoms. The fraction of sp³-hybridized carbons (Fsp3) is 0.333. The summed E-state index contributed by atoms with van der Waals surface area (Å²) >= 11 is 0. The lowest BCUT2D eigenvalue weighted by atomic mass is 9.95. The first kappa shape index (κ1) is 24.7. The van der Waals surface area contributed by atoms with Crippen LogP contribution in [-0.2, 0) is 14.2 Å². The molecule has 0 radical (unpaired) electrons. The Hall–Kier alpha value is -3.44. The van der Waals surface area contributed by atoms with Crippen LogP contribution in [0.5, 0.6) is 0 Å². The van der Waals surface area contributed by atoms with Crippen molar-refractivity contribution < 1.29 is 23.8 Å². The normalized spacial score (nSPS) is 19.4. The van der Waals surface area contributed by atoms with E-state index in [0.29, 0.717) is 17.5 Å². The zero-order valence-electron chi connectivity index (χ0n) is 21.0. The highest BCUT2D eigenvalue weighted by atomic mass is 16.6. The minimum Gasteiger partial charge on any atom is -0.459 e. The highest BCUT2D eigenvalue weighted by molar-refractivity contribution is 5.90. The van der Waals surface area contributed by atoms with Gasteiger partial charge in [0.1, 0.15) is 18.8 Å². The molecule has 0 aromatic heterocycles. The van der Waals surface area contributed by atoms with E-state index in [2.05, 4.69) is 32.9 Å². The van der Waals surface area contributed by atoms with Crippen molar-refractivity contribution in [2.24, 2.45) is 0 Å². The Morgan fingerprint density at radius 2 is 1.31 bits per heavy atom. The Morgan fingerprint density at radius 3 is 1.91 bits per heavy atom. The summed E-state index contributed by atoms with van der Waals surface area (Å²) in [5.74, 6) is -0.839. The molecular formula is C30H32O5. The number of hydrogen-bond donors (Lipinski definition) is 0. The zero-order chi connectivity index (χ0) is 25.1. The quantitative estimate of drug-likeness (QED) is 0.403. The van der Waals surface area contributed by atoms with Gasteiger partial charge in [-0.15, -0.1) is 0 Å². The Balaban J connectivity index is 1.52. The maximum absolute atomic E-state index is 12.9. The summed E-state index contributed by atoms with van der Waals surface area (Å²) in [6.07, 6.45) is -0.869. The van der Waals surface area contributed by atoms with Gasteiger partial charge in [-0.1, -0.05) is 47.5 Å². The molecule has 182 valence electrons. The third-order valence-corrected chi connectivity index (χ3v) is 6.64. The Labute approximate surface area is 207 Å². The second-order valence-electron chi connectivity index (χ2n) is 9.47. The summed E-state index contributed by atoms with van der Waals surface area (Å²) < 4.78 is 17.8. The standard InChI is InChI=1S/C30H32O5/c1-18-6-10-23(11-7-18)29(31)33-17-28-27(35-30(32)24-12-8-19(2)9-13-24)16-26(34-28)25-15-21(4)20(3)14-22(25)5/h6-15,26-28H,16-17H2,1-5H3/t26-,27+,28-/m1/s1. The van der Waals surface area contributed by atoms with Gasteiger partial charge in [-0.05, 0) is 81.1 Å². The van der Waals surface area contributed by atoms with E-state index in [0.717, 1.165) is 22.3 Å². The van der Waals surface area contributed by atoms with Gasteiger partial charge in [0.2, 0.25) is 0 Å². The first-order valence-corrected chi connectivity index (χ1v) is 12.0. The Bertz CT molecular complexity index is 1210. The molecule has 1 fully saturated rings. The largest absolute Gasteiger partial charge is 0.459 e. The van der Waals surface area contributed by atoms with Crippen molar-refractivity contribution in [1.29, 1.82) is 0 Å². The number of carbonyl (C=O) groups excluding carboxylic acids is 2. The summed E-state index contributed by atoms with van der Waals surface area (Å²) in [6, 6.07) is 18.8. The molecular weight excluding hydrogens is 440 g/mol. The first-order valence-electron chi connectivity index (χ1n) is 12.0. The number of aryl methyl sites for hydroxylation is 5. The van der Waals surface area contributed by atoms with Crippen LogP contribution in [0.4, 0.5) is 0 Å². The molecule has 4 rings (SSSR count). The molecule has 3 atom stereocenters. The molecule has 0 saturated carbocycles. The monoisotopic (exact) mass is 472 g/mol. The molecule has 35 heavy (non-hydrogen) atoms. The number of esters is 2. The van der Waals surface area contributed by atoms with E-state index < -0.39 is 24.1 Å². The average Bonchev–Trinajstić information content (AvgIpc) is 3.22. The number of ether oxygens (including phenoxy) is 3. The van der Waals surface area contributed by atoms with Gasteiger partial charge in [-0.2, -0.15) is 0 Å². The molecule has 3 aromatic carbocycles. The van der Waals surface area contributed by atoms with Crippen molar-refractivity contribution in [2.45, 2.75) is 59.4 Å². The van der Waals surface area contributed by atoms with Gasteiger partial charge < -0.3 is 14.2 Å². The second-order valence-corrected chi connectivity index (χ2v) is 9.47. The Morgan fingerprint density at radius 1 is 0.771 bits per heavy atom. The minimum absolute atomic E-state index is 0.00105. The van der Waals surface area contributed by atoms with E-state index in [1.165, 1.54) is 11.1 Å². The van der Waals surface area contributed by atoms with E-state index in [4.69, 9.17) is 14.2 Å². The summed E-state index contributed by atoms with van der Waals surface area (Å²) in [6.45, 7) is 10.1. The van der Waals surface area contributed by atoms with E-state index >= 15 is 0 Å². The fourth-order valence-electron chi connectivity index (χ4n) is 4.34. The van der Waals surface area contributed by atoms with Crippen molar-refractivity contribution in [2.75, 3.05) is 6.61 Å². The van der Waals surface area contributed by atoms with Crippen LogP contribution in [0.1, 0.15) is 66.6 Å². The van der Waals surface area contributed by atoms with Gasteiger partial charge in [0.15, 0.2) is 0 Å². The smallest absolute Gasteiger partial charge is 0.338 e. The van der Waals surface area contributed by atoms with Gasteiger partial charge in [-0.25, -0.2) is 9.59 Å². The van der Waals surface area contributed by atoms with Crippen LogP contribution < -0.4 is 0 Å². The summed E-state index contributed by atoms with van der Waals surface area (Å²) in [5.41, 5.74) is 7.68. The van der Waals surface area contributed by atoms with Gasteiger partial charge >= 0.3 is 11.9 Å². The van der Waals surface area contributed by atoms with Crippen molar-refractivity contribution >= 4 is 11.9 Å². The maximum atomic E-state index is 12.9. The topological polar surface area (TPSA) is 61.8 Å². The third-order valence-electron chi connectivity index (χ3n) is 6.64. The SMILES string of the molecule is Cc1ccc(C(=O)OC[C@H]2O[C@@H](c3cc(C)c(C)cc3C)C[C@@H]2OC(=O)c2ccc(C)cc2)cc1. The molecule has 1 aliphatic heterocycles. The molecule has 1 aliphatic rings. The summed E-state index contributed by atoms with van der Waals surface area (Å²) in [5, 5.41) is 0. The Kier molecular flexibility index (Phi) is 7.37. The third kappa shape index (κ3) is 5.80. The molecule has 0 spiro atoms. The number of carbonyl (C=O) groups is 2. The highest BCUT2D eigenvalue weighted by Crippen LogP contribution is 2.37. The summed E-state index contributed by atoms with van der Waals surface area (Å²) in [4.78, 5) is 25.5. The van der Waals surface area contributed by atoms with E-state index in [1.54, 1.807) is 24.3 Å². The minimum atomic E-state index is -0.565. The number of rotatable bonds is 6.